The molecule has 0 radical (unpaired) electrons. The van der Waals surface area contributed by atoms with Gasteiger partial charge in [0.15, 0.2) is 31.3 Å². The molecule has 0 aliphatic carbocycles. The van der Waals surface area contributed by atoms with Gasteiger partial charge < -0.3 is 33.8 Å². The van der Waals surface area contributed by atoms with Crippen molar-refractivity contribution in [3.63, 3.8) is 0 Å². The van der Waals surface area contributed by atoms with Crippen LogP contribution in [-0.4, -0.2) is 43.9 Å². The second kappa shape index (κ2) is 10.7. The molecule has 0 spiro atoms. The van der Waals surface area contributed by atoms with Gasteiger partial charge in [0, 0.05) is 0 Å². The monoisotopic (exact) mass is 477 g/mol. The van der Waals surface area contributed by atoms with Crippen molar-refractivity contribution in [2.45, 2.75) is 51.0 Å². The molecule has 0 aliphatic rings. The fraction of sp³-hybridized carbons (Fsp3) is 0.520. The highest BCUT2D eigenvalue weighted by molar-refractivity contribution is 6.74. The number of benzene rings is 2. The first kappa shape index (κ1) is 26.8. The third kappa shape index (κ3) is 5.74. The van der Waals surface area contributed by atoms with Gasteiger partial charge in [-0.05, 0) is 53.5 Å². The topological polar surface area (TPSA) is 81.4 Å². The summed E-state index contributed by atoms with van der Waals surface area (Å²) < 4.78 is 34.4. The van der Waals surface area contributed by atoms with Crippen LogP contribution in [0.15, 0.2) is 30.3 Å². The number of nitrogens with two attached hydrogens (primary N) is 1. The molecule has 184 valence electrons. The summed E-state index contributed by atoms with van der Waals surface area (Å²) in [6, 6.07) is 9.00. The molecule has 0 amide bonds. The quantitative estimate of drug-likeness (QED) is 0.453. The molecule has 0 saturated heterocycles. The number of hydrogen-bond acceptors (Lipinski definition) is 7. The van der Waals surface area contributed by atoms with Crippen LogP contribution in [0.25, 0.3) is 0 Å². The molecule has 8 heteroatoms. The second-order valence-electron chi connectivity index (χ2n) is 9.40. The summed E-state index contributed by atoms with van der Waals surface area (Å²) in [7, 11) is 5.78. The van der Waals surface area contributed by atoms with E-state index in [0.717, 1.165) is 11.1 Å². The molecular formula is C25H39NO6Si. The molecule has 2 N–H and O–H groups in total. The number of hydrogen-bond donors (Lipinski definition) is 1. The lowest BCUT2D eigenvalue weighted by Crippen LogP contribution is -2.43. The number of rotatable bonds is 10. The third-order valence-electron chi connectivity index (χ3n) is 6.36. The Kier molecular flexibility index (Phi) is 8.67. The van der Waals surface area contributed by atoms with Gasteiger partial charge in [0.2, 0.25) is 5.75 Å². The first-order chi connectivity index (χ1) is 15.4. The Balaban J connectivity index is 2.65. The summed E-state index contributed by atoms with van der Waals surface area (Å²) in [5.74, 6) is 2.87. The minimum absolute atomic E-state index is 0.00316. The van der Waals surface area contributed by atoms with Gasteiger partial charge in [-0.2, -0.15) is 0 Å². The average Bonchev–Trinajstić information content (AvgIpc) is 2.79. The first-order valence-electron chi connectivity index (χ1n) is 10.9. The zero-order chi connectivity index (χ0) is 25.0. The van der Waals surface area contributed by atoms with E-state index in [1.54, 1.807) is 35.5 Å². The van der Waals surface area contributed by atoms with Crippen LogP contribution in [0.5, 0.6) is 28.7 Å². The van der Waals surface area contributed by atoms with Crippen LogP contribution < -0.4 is 29.4 Å². The summed E-state index contributed by atoms with van der Waals surface area (Å²) in [5.41, 5.74) is 8.61. The van der Waals surface area contributed by atoms with Crippen LogP contribution >= 0.6 is 0 Å². The predicted molar refractivity (Wildman–Crippen MR) is 134 cm³/mol. The van der Waals surface area contributed by atoms with Crippen LogP contribution in [0.3, 0.4) is 0 Å². The minimum Gasteiger partial charge on any atom is -0.493 e. The molecule has 0 unspecified atom stereocenters. The first-order valence-corrected chi connectivity index (χ1v) is 13.8. The van der Waals surface area contributed by atoms with Crippen LogP contribution in [-0.2, 0) is 4.43 Å². The molecule has 0 aromatic heterocycles. The van der Waals surface area contributed by atoms with E-state index in [-0.39, 0.29) is 5.04 Å². The lowest BCUT2D eigenvalue weighted by molar-refractivity contribution is 0.153. The molecule has 0 saturated carbocycles. The Labute approximate surface area is 199 Å². The number of ether oxygens (including phenoxy) is 5. The Morgan fingerprint density at radius 2 is 1.18 bits per heavy atom. The van der Waals surface area contributed by atoms with Crippen LogP contribution in [0.4, 0.5) is 0 Å². The van der Waals surface area contributed by atoms with E-state index in [4.69, 9.17) is 33.8 Å². The highest BCUT2D eigenvalue weighted by Crippen LogP contribution is 2.46. The van der Waals surface area contributed by atoms with Crippen molar-refractivity contribution in [2.75, 3.05) is 35.5 Å². The van der Waals surface area contributed by atoms with Crippen LogP contribution in [0, 0.1) is 0 Å². The molecule has 0 fully saturated rings. The highest BCUT2D eigenvalue weighted by Gasteiger charge is 2.41. The van der Waals surface area contributed by atoms with Crippen molar-refractivity contribution >= 4 is 8.32 Å². The average molecular weight is 478 g/mol. The largest absolute Gasteiger partial charge is 0.493 e. The van der Waals surface area contributed by atoms with Crippen molar-refractivity contribution in [3.8, 4) is 28.7 Å². The van der Waals surface area contributed by atoms with Crippen molar-refractivity contribution in [3.05, 3.63) is 41.5 Å². The SMILES string of the molecule is COc1ccc([C@H](O[Si](C)(C)C(C)(C)C)[C@H](N)c2cc(OC)c(OC)c(OC)c2)cc1OC. The van der Waals surface area contributed by atoms with E-state index in [2.05, 4.69) is 33.9 Å². The zero-order valence-electron chi connectivity index (χ0n) is 21.6. The van der Waals surface area contributed by atoms with Crippen molar-refractivity contribution in [1.82, 2.24) is 0 Å². The van der Waals surface area contributed by atoms with E-state index in [9.17, 15) is 0 Å². The second-order valence-corrected chi connectivity index (χ2v) is 14.2. The molecule has 2 aromatic rings. The summed E-state index contributed by atoms with van der Waals surface area (Å²) in [6.45, 7) is 11.0. The van der Waals surface area contributed by atoms with Crippen molar-refractivity contribution in [1.29, 1.82) is 0 Å². The Morgan fingerprint density at radius 1 is 0.697 bits per heavy atom. The Hall–Kier alpha value is -2.42. The van der Waals surface area contributed by atoms with Crippen molar-refractivity contribution < 1.29 is 28.1 Å². The maximum atomic E-state index is 6.90. The zero-order valence-corrected chi connectivity index (χ0v) is 22.6. The van der Waals surface area contributed by atoms with Gasteiger partial charge >= 0.3 is 0 Å². The van der Waals surface area contributed by atoms with E-state index in [1.807, 2.05) is 30.3 Å². The number of methoxy groups -OCH3 is 5. The van der Waals surface area contributed by atoms with Crippen LogP contribution in [0.1, 0.15) is 44.0 Å². The molecule has 0 heterocycles. The maximum absolute atomic E-state index is 6.90. The van der Waals surface area contributed by atoms with Gasteiger partial charge in [0.05, 0.1) is 47.7 Å². The smallest absolute Gasteiger partial charge is 0.203 e. The van der Waals surface area contributed by atoms with E-state index >= 15 is 0 Å². The molecule has 33 heavy (non-hydrogen) atoms. The summed E-state index contributed by atoms with van der Waals surface area (Å²) >= 11 is 0. The molecular weight excluding hydrogens is 438 g/mol. The molecule has 0 bridgehead atoms. The minimum atomic E-state index is -2.20. The lowest BCUT2D eigenvalue weighted by Gasteiger charge is -2.41. The summed E-state index contributed by atoms with van der Waals surface area (Å²) in [6.07, 6.45) is -0.437. The van der Waals surface area contributed by atoms with Crippen molar-refractivity contribution in [2.24, 2.45) is 5.73 Å². The maximum Gasteiger partial charge on any atom is 0.203 e. The normalized spacial score (nSPS) is 13.8. The van der Waals surface area contributed by atoms with Gasteiger partial charge in [0.25, 0.3) is 0 Å². The molecule has 2 aromatic carbocycles. The standard InChI is InChI=1S/C25H39NO6Si/c1-25(2,3)33(9,10)32-23(16-11-12-18(27-4)19(13-16)28-5)22(26)17-14-20(29-6)24(31-8)21(15-17)30-7/h11-15,22-23H,26H2,1-10H3/t22-,23+/m1/s1. The summed E-state index contributed by atoms with van der Waals surface area (Å²) in [4.78, 5) is 0. The predicted octanol–water partition coefficient (Wildman–Crippen LogP) is 5.49. The molecule has 2 atom stereocenters. The highest BCUT2D eigenvalue weighted by atomic mass is 28.4. The fourth-order valence-corrected chi connectivity index (χ4v) is 4.61. The van der Waals surface area contributed by atoms with E-state index in [1.165, 1.54) is 0 Å². The third-order valence-corrected chi connectivity index (χ3v) is 10.8. The van der Waals surface area contributed by atoms with Gasteiger partial charge in [-0.1, -0.05) is 26.8 Å². The Morgan fingerprint density at radius 3 is 1.61 bits per heavy atom. The summed E-state index contributed by atoms with van der Waals surface area (Å²) in [5, 5.41) is -0.00316. The Bertz CT molecular complexity index is 916. The van der Waals surface area contributed by atoms with E-state index < -0.39 is 20.5 Å². The van der Waals surface area contributed by atoms with E-state index in [0.29, 0.717) is 28.7 Å². The van der Waals surface area contributed by atoms with Gasteiger partial charge in [0.1, 0.15) is 0 Å². The fourth-order valence-electron chi connectivity index (χ4n) is 3.34. The molecule has 7 nitrogen and oxygen atoms in total. The van der Waals surface area contributed by atoms with Crippen LogP contribution in [0.2, 0.25) is 18.1 Å². The molecule has 2 rings (SSSR count). The molecule has 0 aliphatic heterocycles. The van der Waals surface area contributed by atoms with Gasteiger partial charge in [-0.25, -0.2) is 0 Å². The van der Waals surface area contributed by atoms with Gasteiger partial charge in [-0.3, -0.25) is 0 Å². The lowest BCUT2D eigenvalue weighted by atomic mass is 9.95. The van der Waals surface area contributed by atoms with Gasteiger partial charge in [-0.15, -0.1) is 0 Å².